The van der Waals surface area contributed by atoms with Crippen LogP contribution in [-0.4, -0.2) is 11.6 Å². The van der Waals surface area contributed by atoms with E-state index in [0.29, 0.717) is 22.0 Å². The molecule has 0 saturated carbocycles. The summed E-state index contributed by atoms with van der Waals surface area (Å²) in [7, 11) is 0. The van der Waals surface area contributed by atoms with Crippen LogP contribution in [-0.2, 0) is 4.79 Å². The van der Waals surface area contributed by atoms with Crippen molar-refractivity contribution in [3.63, 3.8) is 0 Å². The van der Waals surface area contributed by atoms with Gasteiger partial charge in [-0.15, -0.1) is 0 Å². The quantitative estimate of drug-likeness (QED) is 0.604. The van der Waals surface area contributed by atoms with Crippen LogP contribution in [0.25, 0.3) is 6.08 Å². The summed E-state index contributed by atoms with van der Waals surface area (Å²) in [6.07, 6.45) is 1.84. The van der Waals surface area contributed by atoms with Crippen molar-refractivity contribution in [3.05, 3.63) is 101 Å². The highest BCUT2D eigenvalue weighted by atomic mass is 35.5. The Kier molecular flexibility index (Phi) is 4.38. The number of hydrogen-bond donors (Lipinski definition) is 1. The lowest BCUT2D eigenvalue weighted by atomic mass is 9.99. The Labute approximate surface area is 156 Å². The Morgan fingerprint density at radius 2 is 1.54 bits per heavy atom. The summed E-state index contributed by atoms with van der Waals surface area (Å²) in [5.74, 6) is -0.187. The standard InChI is InChI=1S/C22H15ClN2O/c23-17-12-10-15(11-13-17)14-18-21(16-6-2-1-3-7-16)24-19-8-4-5-9-20(19)25-22(18)26/h1-14H,(H,25,26)/b18-14-. The monoisotopic (exact) mass is 358 g/mol. The molecule has 0 saturated heterocycles. The van der Waals surface area contributed by atoms with Crippen LogP contribution in [0, 0.1) is 0 Å². The third-order valence-corrected chi connectivity index (χ3v) is 4.36. The maximum atomic E-state index is 12.9. The molecule has 3 aromatic carbocycles. The lowest BCUT2D eigenvalue weighted by Crippen LogP contribution is -2.19. The van der Waals surface area contributed by atoms with Gasteiger partial charge in [-0.25, -0.2) is 4.99 Å². The predicted molar refractivity (Wildman–Crippen MR) is 107 cm³/mol. The highest BCUT2D eigenvalue weighted by Gasteiger charge is 2.22. The Bertz CT molecular complexity index is 1020. The Balaban J connectivity index is 1.91. The summed E-state index contributed by atoms with van der Waals surface area (Å²) in [6, 6.07) is 24.6. The molecule has 1 aliphatic rings. The lowest BCUT2D eigenvalue weighted by Gasteiger charge is -2.09. The molecular weight excluding hydrogens is 344 g/mol. The number of nitrogens with one attached hydrogen (secondary N) is 1. The number of halogens is 1. The molecule has 0 bridgehead atoms. The maximum Gasteiger partial charge on any atom is 0.257 e. The molecule has 3 nitrogen and oxygen atoms in total. The number of fused-ring (bicyclic) bond motifs is 1. The number of hydrogen-bond acceptors (Lipinski definition) is 2. The number of aliphatic imine (C=N–C) groups is 1. The van der Waals surface area contributed by atoms with Crippen molar-refractivity contribution in [2.45, 2.75) is 0 Å². The molecule has 1 amide bonds. The summed E-state index contributed by atoms with van der Waals surface area (Å²) >= 11 is 5.97. The third kappa shape index (κ3) is 3.30. The molecule has 1 N–H and O–H groups in total. The van der Waals surface area contributed by atoms with Gasteiger partial charge in [0.05, 0.1) is 22.7 Å². The van der Waals surface area contributed by atoms with Gasteiger partial charge in [0.15, 0.2) is 0 Å². The predicted octanol–water partition coefficient (Wildman–Crippen LogP) is 5.50. The van der Waals surface area contributed by atoms with Crippen molar-refractivity contribution in [2.24, 2.45) is 4.99 Å². The van der Waals surface area contributed by atoms with Crippen molar-refractivity contribution >= 4 is 40.7 Å². The van der Waals surface area contributed by atoms with Crippen LogP contribution in [0.4, 0.5) is 11.4 Å². The molecule has 0 fully saturated rings. The minimum Gasteiger partial charge on any atom is -0.320 e. The van der Waals surface area contributed by atoms with Gasteiger partial charge in [-0.05, 0) is 35.9 Å². The summed E-state index contributed by atoms with van der Waals surface area (Å²) in [5.41, 5.74) is 4.36. The van der Waals surface area contributed by atoms with E-state index < -0.39 is 0 Å². The first-order valence-corrected chi connectivity index (χ1v) is 8.61. The normalized spacial score (nSPS) is 15.0. The van der Waals surface area contributed by atoms with Gasteiger partial charge < -0.3 is 5.32 Å². The molecule has 0 radical (unpaired) electrons. The van der Waals surface area contributed by atoms with Crippen LogP contribution in [0.2, 0.25) is 5.02 Å². The molecule has 1 aliphatic heterocycles. The number of amides is 1. The van der Waals surface area contributed by atoms with Gasteiger partial charge >= 0.3 is 0 Å². The van der Waals surface area contributed by atoms with Crippen molar-refractivity contribution in [1.29, 1.82) is 0 Å². The largest absolute Gasteiger partial charge is 0.320 e. The van der Waals surface area contributed by atoms with Crippen molar-refractivity contribution in [2.75, 3.05) is 5.32 Å². The van der Waals surface area contributed by atoms with Crippen molar-refractivity contribution in [1.82, 2.24) is 0 Å². The van der Waals surface area contributed by atoms with E-state index >= 15 is 0 Å². The summed E-state index contributed by atoms with van der Waals surface area (Å²) in [6.45, 7) is 0. The first-order valence-electron chi connectivity index (χ1n) is 8.23. The second-order valence-corrected chi connectivity index (χ2v) is 6.34. The number of nitrogens with zero attached hydrogens (tertiary/aromatic N) is 1. The van der Waals surface area contributed by atoms with Gasteiger partial charge in [-0.3, -0.25) is 4.79 Å². The molecule has 4 heteroatoms. The van der Waals surface area contributed by atoms with Crippen LogP contribution >= 0.6 is 11.6 Å². The van der Waals surface area contributed by atoms with Crippen molar-refractivity contribution in [3.8, 4) is 0 Å². The second kappa shape index (κ2) is 6.98. The number of anilines is 1. The molecular formula is C22H15ClN2O. The fraction of sp³-hybridized carbons (Fsp3) is 0. The van der Waals surface area contributed by atoms with E-state index in [1.807, 2.05) is 72.8 Å². The molecule has 0 spiro atoms. The van der Waals surface area contributed by atoms with Gasteiger partial charge in [0.25, 0.3) is 5.91 Å². The molecule has 1 heterocycles. The zero-order chi connectivity index (χ0) is 17.9. The van der Waals surface area contributed by atoms with E-state index in [-0.39, 0.29) is 5.91 Å². The minimum atomic E-state index is -0.187. The van der Waals surface area contributed by atoms with Gasteiger partial charge in [-0.2, -0.15) is 0 Å². The fourth-order valence-corrected chi connectivity index (χ4v) is 2.96. The molecule has 26 heavy (non-hydrogen) atoms. The second-order valence-electron chi connectivity index (χ2n) is 5.91. The number of carbonyl (C=O) groups excluding carboxylic acids is 1. The van der Waals surface area contributed by atoms with Gasteiger partial charge in [0.1, 0.15) is 0 Å². The van der Waals surface area contributed by atoms with E-state index in [1.54, 1.807) is 12.1 Å². The number of para-hydroxylation sites is 2. The summed E-state index contributed by atoms with van der Waals surface area (Å²) in [5, 5.41) is 3.61. The smallest absolute Gasteiger partial charge is 0.257 e. The highest BCUT2D eigenvalue weighted by Crippen LogP contribution is 2.31. The van der Waals surface area contributed by atoms with E-state index in [9.17, 15) is 4.79 Å². The summed E-state index contributed by atoms with van der Waals surface area (Å²) in [4.78, 5) is 17.7. The maximum absolute atomic E-state index is 12.9. The molecule has 3 aromatic rings. The zero-order valence-electron chi connectivity index (χ0n) is 13.8. The molecule has 126 valence electrons. The van der Waals surface area contributed by atoms with Crippen LogP contribution in [0.3, 0.4) is 0 Å². The van der Waals surface area contributed by atoms with E-state index in [4.69, 9.17) is 16.6 Å². The fourth-order valence-electron chi connectivity index (χ4n) is 2.83. The minimum absolute atomic E-state index is 0.187. The number of benzene rings is 3. The molecule has 0 aliphatic carbocycles. The van der Waals surface area contributed by atoms with Gasteiger partial charge in [0, 0.05) is 10.6 Å². The molecule has 0 aromatic heterocycles. The van der Waals surface area contributed by atoms with Crippen LogP contribution < -0.4 is 5.32 Å². The Morgan fingerprint density at radius 3 is 2.31 bits per heavy atom. The van der Waals surface area contributed by atoms with E-state index in [2.05, 4.69) is 5.32 Å². The van der Waals surface area contributed by atoms with Crippen LogP contribution in [0.15, 0.2) is 89.4 Å². The van der Waals surface area contributed by atoms with Crippen molar-refractivity contribution < 1.29 is 4.79 Å². The molecule has 4 rings (SSSR count). The highest BCUT2D eigenvalue weighted by molar-refractivity contribution is 6.35. The van der Waals surface area contributed by atoms with Gasteiger partial charge in [0.2, 0.25) is 0 Å². The number of rotatable bonds is 2. The first-order chi connectivity index (χ1) is 12.7. The average Bonchev–Trinajstić information content (AvgIpc) is 2.81. The Morgan fingerprint density at radius 1 is 0.846 bits per heavy atom. The van der Waals surface area contributed by atoms with Crippen LogP contribution in [0.1, 0.15) is 11.1 Å². The Hall–Kier alpha value is -3.17. The summed E-state index contributed by atoms with van der Waals surface area (Å²) < 4.78 is 0. The number of carbonyl (C=O) groups is 1. The first kappa shape index (κ1) is 16.3. The molecule has 0 atom stereocenters. The molecule has 0 unspecified atom stereocenters. The van der Waals surface area contributed by atoms with E-state index in [1.165, 1.54) is 0 Å². The van der Waals surface area contributed by atoms with Crippen LogP contribution in [0.5, 0.6) is 0 Å². The zero-order valence-corrected chi connectivity index (χ0v) is 14.6. The third-order valence-electron chi connectivity index (χ3n) is 4.11. The SMILES string of the molecule is O=C1Nc2ccccc2N=C(c2ccccc2)/C1=C/c1ccc(Cl)cc1. The topological polar surface area (TPSA) is 41.5 Å². The van der Waals surface area contributed by atoms with E-state index in [0.717, 1.165) is 16.8 Å². The average molecular weight is 359 g/mol. The lowest BCUT2D eigenvalue weighted by molar-refractivity contribution is -0.112. The van der Waals surface area contributed by atoms with Gasteiger partial charge in [-0.1, -0.05) is 66.2 Å².